The second kappa shape index (κ2) is 7.20. The molecule has 0 aromatic heterocycles. The molecule has 0 saturated carbocycles. The van der Waals surface area contributed by atoms with E-state index in [1.807, 2.05) is 0 Å². The first-order valence-corrected chi connectivity index (χ1v) is 7.87. The molecule has 0 aliphatic carbocycles. The number of hydrogen-bond donors (Lipinski definition) is 1. The van der Waals surface area contributed by atoms with E-state index in [0.29, 0.717) is 12.6 Å². The molecule has 2 aliphatic heterocycles. The Hall–Kier alpha value is -1.17. The molecule has 116 valence electrons. The molecular weight excluding hydrogens is 269 g/mol. The lowest BCUT2D eigenvalue weighted by Crippen LogP contribution is -2.49. The molecule has 4 nitrogen and oxygen atoms in total. The largest absolute Gasteiger partial charge is 0.492 e. The van der Waals surface area contributed by atoms with Crippen LogP contribution >= 0.6 is 0 Å². The van der Waals surface area contributed by atoms with Gasteiger partial charge in [0.1, 0.15) is 18.2 Å². The number of nitrogens with one attached hydrogen (secondary N) is 1. The summed E-state index contributed by atoms with van der Waals surface area (Å²) >= 11 is 0. The van der Waals surface area contributed by atoms with Gasteiger partial charge >= 0.3 is 0 Å². The zero-order valence-electron chi connectivity index (χ0n) is 12.4. The summed E-state index contributed by atoms with van der Waals surface area (Å²) in [5.41, 5.74) is 0. The van der Waals surface area contributed by atoms with Crippen LogP contribution in [0.15, 0.2) is 24.3 Å². The molecule has 3 rings (SSSR count). The summed E-state index contributed by atoms with van der Waals surface area (Å²) in [6.07, 6.45) is 1.26. The number of likely N-dealkylation sites (tertiary alicyclic amines) is 1. The highest BCUT2D eigenvalue weighted by Crippen LogP contribution is 2.16. The van der Waals surface area contributed by atoms with Crippen molar-refractivity contribution in [3.63, 3.8) is 0 Å². The summed E-state index contributed by atoms with van der Waals surface area (Å²) in [4.78, 5) is 5.08. The van der Waals surface area contributed by atoms with Crippen LogP contribution in [0.1, 0.15) is 6.42 Å². The minimum atomic E-state index is -0.222. The molecule has 21 heavy (non-hydrogen) atoms. The SMILES string of the molecule is Fc1ccc(OCCN2CCC(N3CCNCC3)C2)cc1. The van der Waals surface area contributed by atoms with E-state index in [2.05, 4.69) is 15.1 Å². The molecule has 1 aromatic carbocycles. The van der Waals surface area contributed by atoms with Crippen molar-refractivity contribution < 1.29 is 9.13 Å². The lowest BCUT2D eigenvalue weighted by Gasteiger charge is -2.32. The molecule has 0 amide bonds. The Labute approximate surface area is 125 Å². The number of halogens is 1. The van der Waals surface area contributed by atoms with Gasteiger partial charge in [-0.3, -0.25) is 9.80 Å². The molecule has 5 heteroatoms. The Morgan fingerprint density at radius 3 is 2.67 bits per heavy atom. The van der Waals surface area contributed by atoms with Crippen molar-refractivity contribution in [2.75, 3.05) is 52.4 Å². The fourth-order valence-corrected chi connectivity index (χ4v) is 3.18. The number of benzene rings is 1. The zero-order chi connectivity index (χ0) is 14.5. The van der Waals surface area contributed by atoms with Gasteiger partial charge in [-0.1, -0.05) is 0 Å². The standard InChI is InChI=1S/C16H24FN3O/c17-14-1-3-16(4-2-14)21-12-11-19-8-5-15(13-19)20-9-6-18-7-10-20/h1-4,15,18H,5-13H2. The molecule has 1 unspecified atom stereocenters. The molecule has 2 fully saturated rings. The first kappa shape index (κ1) is 14.8. The van der Waals surface area contributed by atoms with Crippen molar-refractivity contribution >= 4 is 0 Å². The Balaban J connectivity index is 1.37. The zero-order valence-corrected chi connectivity index (χ0v) is 12.4. The maximum atomic E-state index is 12.8. The first-order chi connectivity index (χ1) is 10.3. The summed E-state index contributed by atoms with van der Waals surface area (Å²) in [5.74, 6) is 0.523. The normalized spacial score (nSPS) is 24.3. The molecule has 0 bridgehead atoms. The van der Waals surface area contributed by atoms with E-state index in [4.69, 9.17) is 4.74 Å². The molecule has 2 saturated heterocycles. The van der Waals surface area contributed by atoms with Crippen LogP contribution < -0.4 is 10.1 Å². The quantitative estimate of drug-likeness (QED) is 0.882. The molecule has 1 N–H and O–H groups in total. The highest BCUT2D eigenvalue weighted by Gasteiger charge is 2.27. The average Bonchev–Trinajstić information content (AvgIpc) is 2.99. The first-order valence-electron chi connectivity index (χ1n) is 7.87. The van der Waals surface area contributed by atoms with Gasteiger partial charge < -0.3 is 10.1 Å². The fourth-order valence-electron chi connectivity index (χ4n) is 3.18. The Morgan fingerprint density at radius 2 is 1.90 bits per heavy atom. The number of ether oxygens (including phenoxy) is 1. The van der Waals surface area contributed by atoms with Gasteiger partial charge in [-0.2, -0.15) is 0 Å². The number of rotatable bonds is 5. The summed E-state index contributed by atoms with van der Waals surface area (Å²) in [5, 5.41) is 3.40. The van der Waals surface area contributed by atoms with Gasteiger partial charge in [0.15, 0.2) is 0 Å². The van der Waals surface area contributed by atoms with E-state index in [9.17, 15) is 4.39 Å². The fraction of sp³-hybridized carbons (Fsp3) is 0.625. The van der Waals surface area contributed by atoms with Crippen molar-refractivity contribution in [3.8, 4) is 5.75 Å². The lowest BCUT2D eigenvalue weighted by atomic mass is 10.2. The predicted octanol–water partition coefficient (Wildman–Crippen LogP) is 1.18. The van der Waals surface area contributed by atoms with E-state index in [1.165, 1.54) is 31.6 Å². The van der Waals surface area contributed by atoms with Crippen molar-refractivity contribution in [3.05, 3.63) is 30.1 Å². The highest BCUT2D eigenvalue weighted by molar-refractivity contribution is 5.21. The second-order valence-corrected chi connectivity index (χ2v) is 5.83. The van der Waals surface area contributed by atoms with Crippen LogP contribution in [0.4, 0.5) is 4.39 Å². The van der Waals surface area contributed by atoms with Crippen molar-refractivity contribution in [2.24, 2.45) is 0 Å². The third-order valence-electron chi connectivity index (χ3n) is 4.41. The van der Waals surface area contributed by atoms with Crippen LogP contribution in [0.25, 0.3) is 0 Å². The van der Waals surface area contributed by atoms with Gasteiger partial charge in [0, 0.05) is 45.3 Å². The van der Waals surface area contributed by atoms with Crippen LogP contribution in [-0.4, -0.2) is 68.3 Å². The van der Waals surface area contributed by atoms with E-state index >= 15 is 0 Å². The molecular formula is C16H24FN3O. The van der Waals surface area contributed by atoms with Crippen molar-refractivity contribution in [1.82, 2.24) is 15.1 Å². The molecule has 0 radical (unpaired) electrons. The van der Waals surface area contributed by atoms with Crippen LogP contribution in [-0.2, 0) is 0 Å². The summed E-state index contributed by atoms with van der Waals surface area (Å²) in [6.45, 7) is 8.48. The molecule has 1 atom stereocenters. The summed E-state index contributed by atoms with van der Waals surface area (Å²) in [7, 11) is 0. The Bertz CT molecular complexity index is 434. The summed E-state index contributed by atoms with van der Waals surface area (Å²) in [6, 6.07) is 6.95. The summed E-state index contributed by atoms with van der Waals surface area (Å²) < 4.78 is 18.5. The van der Waals surface area contributed by atoms with Crippen LogP contribution in [0.3, 0.4) is 0 Å². The minimum Gasteiger partial charge on any atom is -0.492 e. The van der Waals surface area contributed by atoms with Crippen LogP contribution in [0, 0.1) is 5.82 Å². The third-order valence-corrected chi connectivity index (χ3v) is 4.41. The van der Waals surface area contributed by atoms with E-state index in [0.717, 1.165) is 38.5 Å². The van der Waals surface area contributed by atoms with Gasteiger partial charge in [-0.15, -0.1) is 0 Å². The Morgan fingerprint density at radius 1 is 1.14 bits per heavy atom. The van der Waals surface area contributed by atoms with Crippen LogP contribution in [0.2, 0.25) is 0 Å². The lowest BCUT2D eigenvalue weighted by molar-refractivity contribution is 0.165. The molecule has 2 aliphatic rings. The third kappa shape index (κ3) is 4.15. The predicted molar refractivity (Wildman–Crippen MR) is 81.2 cm³/mol. The molecule has 1 aromatic rings. The smallest absolute Gasteiger partial charge is 0.123 e. The maximum absolute atomic E-state index is 12.8. The van der Waals surface area contributed by atoms with E-state index in [1.54, 1.807) is 12.1 Å². The molecule has 0 spiro atoms. The number of nitrogens with zero attached hydrogens (tertiary/aromatic N) is 2. The number of hydrogen-bond acceptors (Lipinski definition) is 4. The van der Waals surface area contributed by atoms with E-state index < -0.39 is 0 Å². The van der Waals surface area contributed by atoms with Gasteiger partial charge in [-0.25, -0.2) is 4.39 Å². The van der Waals surface area contributed by atoms with Gasteiger partial charge in [-0.05, 0) is 37.2 Å². The van der Waals surface area contributed by atoms with E-state index in [-0.39, 0.29) is 5.82 Å². The number of piperazine rings is 1. The van der Waals surface area contributed by atoms with Crippen LogP contribution in [0.5, 0.6) is 5.75 Å². The monoisotopic (exact) mass is 293 g/mol. The maximum Gasteiger partial charge on any atom is 0.123 e. The second-order valence-electron chi connectivity index (χ2n) is 5.83. The average molecular weight is 293 g/mol. The highest BCUT2D eigenvalue weighted by atomic mass is 19.1. The minimum absolute atomic E-state index is 0.222. The molecule has 2 heterocycles. The van der Waals surface area contributed by atoms with Crippen molar-refractivity contribution in [2.45, 2.75) is 12.5 Å². The van der Waals surface area contributed by atoms with Crippen molar-refractivity contribution in [1.29, 1.82) is 0 Å². The topological polar surface area (TPSA) is 27.7 Å². The van der Waals surface area contributed by atoms with Gasteiger partial charge in [0.25, 0.3) is 0 Å². The van der Waals surface area contributed by atoms with Gasteiger partial charge in [0.2, 0.25) is 0 Å². The van der Waals surface area contributed by atoms with Gasteiger partial charge in [0.05, 0.1) is 0 Å². The Kier molecular flexibility index (Phi) is 5.06.